The summed E-state index contributed by atoms with van der Waals surface area (Å²) >= 11 is 0. The maximum atomic E-state index is 9.96. The number of para-hydroxylation sites is 1. The fraction of sp³-hybridized carbons (Fsp3) is 0.571. The zero-order valence-electron chi connectivity index (χ0n) is 10.5. The van der Waals surface area contributed by atoms with Crippen LogP contribution in [0.15, 0.2) is 24.3 Å². The van der Waals surface area contributed by atoms with Gasteiger partial charge in [0, 0.05) is 25.3 Å². The SMILES string of the molecule is CCCNCC(O)CN1CCc2ccccc21. The first kappa shape index (κ1) is 12.4. The van der Waals surface area contributed by atoms with Crippen molar-refractivity contribution in [2.24, 2.45) is 0 Å². The van der Waals surface area contributed by atoms with E-state index in [9.17, 15) is 5.11 Å². The van der Waals surface area contributed by atoms with Gasteiger partial charge in [0.1, 0.15) is 0 Å². The Bertz CT molecular complexity index is 354. The van der Waals surface area contributed by atoms with E-state index in [1.54, 1.807) is 0 Å². The Morgan fingerprint density at radius 3 is 3.06 bits per heavy atom. The van der Waals surface area contributed by atoms with Crippen LogP contribution in [0.3, 0.4) is 0 Å². The van der Waals surface area contributed by atoms with Gasteiger partial charge in [0.15, 0.2) is 0 Å². The molecular weight excluding hydrogens is 212 g/mol. The number of aliphatic hydroxyl groups is 1. The average molecular weight is 234 g/mol. The van der Waals surface area contributed by atoms with E-state index >= 15 is 0 Å². The highest BCUT2D eigenvalue weighted by atomic mass is 16.3. The fourth-order valence-electron chi connectivity index (χ4n) is 2.36. The first-order chi connectivity index (χ1) is 8.31. The molecule has 1 aromatic rings. The lowest BCUT2D eigenvalue weighted by Crippen LogP contribution is -2.37. The Morgan fingerprint density at radius 1 is 1.41 bits per heavy atom. The van der Waals surface area contributed by atoms with E-state index in [-0.39, 0.29) is 6.10 Å². The van der Waals surface area contributed by atoms with Gasteiger partial charge < -0.3 is 15.3 Å². The van der Waals surface area contributed by atoms with Gasteiger partial charge in [0.25, 0.3) is 0 Å². The van der Waals surface area contributed by atoms with Gasteiger partial charge in [-0.1, -0.05) is 25.1 Å². The van der Waals surface area contributed by atoms with Gasteiger partial charge in [-0.3, -0.25) is 0 Å². The monoisotopic (exact) mass is 234 g/mol. The van der Waals surface area contributed by atoms with Gasteiger partial charge in [-0.25, -0.2) is 0 Å². The molecule has 0 saturated carbocycles. The second-order valence-corrected chi connectivity index (χ2v) is 4.68. The van der Waals surface area contributed by atoms with Gasteiger partial charge in [-0.15, -0.1) is 0 Å². The van der Waals surface area contributed by atoms with Crippen LogP contribution in [0.25, 0.3) is 0 Å². The van der Waals surface area contributed by atoms with Gasteiger partial charge in [-0.05, 0) is 31.0 Å². The molecule has 0 amide bonds. The highest BCUT2D eigenvalue weighted by Gasteiger charge is 2.20. The Hall–Kier alpha value is -1.06. The number of hydrogen-bond acceptors (Lipinski definition) is 3. The molecule has 0 radical (unpaired) electrons. The molecule has 1 aliphatic heterocycles. The molecule has 1 aliphatic rings. The Kier molecular flexibility index (Phi) is 4.40. The summed E-state index contributed by atoms with van der Waals surface area (Å²) in [7, 11) is 0. The normalized spacial score (nSPS) is 16.0. The van der Waals surface area contributed by atoms with Crippen molar-refractivity contribution in [2.75, 3.05) is 31.1 Å². The number of fused-ring (bicyclic) bond motifs is 1. The molecule has 0 spiro atoms. The molecule has 0 bridgehead atoms. The van der Waals surface area contributed by atoms with Crippen LogP contribution in [0.1, 0.15) is 18.9 Å². The van der Waals surface area contributed by atoms with E-state index in [4.69, 9.17) is 0 Å². The van der Waals surface area contributed by atoms with E-state index in [0.717, 1.165) is 32.5 Å². The summed E-state index contributed by atoms with van der Waals surface area (Å²) in [4.78, 5) is 2.29. The second-order valence-electron chi connectivity index (χ2n) is 4.68. The van der Waals surface area contributed by atoms with E-state index < -0.39 is 0 Å². The van der Waals surface area contributed by atoms with Crippen molar-refractivity contribution in [3.05, 3.63) is 29.8 Å². The minimum absolute atomic E-state index is 0.285. The lowest BCUT2D eigenvalue weighted by Gasteiger charge is -2.23. The molecular formula is C14H22N2O. The molecule has 2 N–H and O–H groups in total. The molecule has 1 unspecified atom stereocenters. The van der Waals surface area contributed by atoms with E-state index in [0.29, 0.717) is 6.54 Å². The number of anilines is 1. The summed E-state index contributed by atoms with van der Waals surface area (Å²) in [5.41, 5.74) is 2.70. The third-order valence-corrected chi connectivity index (χ3v) is 3.22. The number of benzene rings is 1. The van der Waals surface area contributed by atoms with Crippen molar-refractivity contribution in [1.82, 2.24) is 5.32 Å². The highest BCUT2D eigenvalue weighted by molar-refractivity contribution is 5.57. The average Bonchev–Trinajstić information content (AvgIpc) is 2.73. The summed E-state index contributed by atoms with van der Waals surface area (Å²) in [6.45, 7) is 5.56. The first-order valence-electron chi connectivity index (χ1n) is 6.53. The predicted octanol–water partition coefficient (Wildman–Crippen LogP) is 1.41. The Morgan fingerprint density at radius 2 is 2.24 bits per heavy atom. The van der Waals surface area contributed by atoms with Crippen molar-refractivity contribution >= 4 is 5.69 Å². The number of rotatable bonds is 6. The lowest BCUT2D eigenvalue weighted by molar-refractivity contribution is 0.177. The van der Waals surface area contributed by atoms with Gasteiger partial charge in [-0.2, -0.15) is 0 Å². The van der Waals surface area contributed by atoms with Gasteiger partial charge in [0.2, 0.25) is 0 Å². The Labute approximate surface area is 103 Å². The molecule has 0 saturated heterocycles. The molecule has 1 aromatic carbocycles. The molecule has 94 valence electrons. The molecule has 17 heavy (non-hydrogen) atoms. The van der Waals surface area contributed by atoms with Crippen LogP contribution in [0.5, 0.6) is 0 Å². The Balaban J connectivity index is 1.84. The molecule has 0 aromatic heterocycles. The highest BCUT2D eigenvalue weighted by Crippen LogP contribution is 2.27. The number of nitrogens with zero attached hydrogens (tertiary/aromatic N) is 1. The molecule has 2 rings (SSSR count). The van der Waals surface area contributed by atoms with Crippen LogP contribution in [-0.2, 0) is 6.42 Å². The largest absolute Gasteiger partial charge is 0.390 e. The topological polar surface area (TPSA) is 35.5 Å². The quantitative estimate of drug-likeness (QED) is 0.731. The number of nitrogens with one attached hydrogen (secondary N) is 1. The van der Waals surface area contributed by atoms with Crippen molar-refractivity contribution in [2.45, 2.75) is 25.9 Å². The van der Waals surface area contributed by atoms with Crippen molar-refractivity contribution < 1.29 is 5.11 Å². The zero-order chi connectivity index (χ0) is 12.1. The van der Waals surface area contributed by atoms with Crippen LogP contribution in [0, 0.1) is 0 Å². The van der Waals surface area contributed by atoms with Crippen LogP contribution >= 0.6 is 0 Å². The van der Waals surface area contributed by atoms with Crippen molar-refractivity contribution in [3.63, 3.8) is 0 Å². The van der Waals surface area contributed by atoms with Crippen LogP contribution in [-0.4, -0.2) is 37.4 Å². The summed E-state index contributed by atoms with van der Waals surface area (Å²) < 4.78 is 0. The van der Waals surface area contributed by atoms with E-state index in [2.05, 4.69) is 41.4 Å². The van der Waals surface area contributed by atoms with Crippen LogP contribution in [0.4, 0.5) is 5.69 Å². The molecule has 0 fully saturated rings. The van der Waals surface area contributed by atoms with Crippen molar-refractivity contribution in [3.8, 4) is 0 Å². The fourth-order valence-corrected chi connectivity index (χ4v) is 2.36. The molecule has 3 nitrogen and oxygen atoms in total. The number of hydrogen-bond donors (Lipinski definition) is 2. The van der Waals surface area contributed by atoms with Crippen LogP contribution < -0.4 is 10.2 Å². The second kappa shape index (κ2) is 6.03. The smallest absolute Gasteiger partial charge is 0.0839 e. The van der Waals surface area contributed by atoms with Crippen molar-refractivity contribution in [1.29, 1.82) is 0 Å². The maximum Gasteiger partial charge on any atom is 0.0839 e. The van der Waals surface area contributed by atoms with E-state index in [1.807, 2.05) is 0 Å². The summed E-state index contributed by atoms with van der Waals surface area (Å²) in [5, 5.41) is 13.2. The first-order valence-corrected chi connectivity index (χ1v) is 6.53. The molecule has 3 heteroatoms. The minimum Gasteiger partial charge on any atom is -0.390 e. The predicted molar refractivity (Wildman–Crippen MR) is 71.5 cm³/mol. The lowest BCUT2D eigenvalue weighted by atomic mass is 10.2. The summed E-state index contributed by atoms with van der Waals surface area (Å²) in [6.07, 6.45) is 1.93. The van der Waals surface area contributed by atoms with E-state index in [1.165, 1.54) is 11.3 Å². The number of β-amino-alcohol motifs (C(OH)–C–C–N with tert-alkyl or cyclic N) is 1. The summed E-state index contributed by atoms with van der Waals surface area (Å²) in [5.74, 6) is 0. The molecule has 1 heterocycles. The minimum atomic E-state index is -0.285. The third-order valence-electron chi connectivity index (χ3n) is 3.22. The van der Waals surface area contributed by atoms with Gasteiger partial charge >= 0.3 is 0 Å². The van der Waals surface area contributed by atoms with Crippen LogP contribution in [0.2, 0.25) is 0 Å². The number of aliphatic hydroxyl groups excluding tert-OH is 1. The maximum absolute atomic E-state index is 9.96. The standard InChI is InChI=1S/C14H22N2O/c1-2-8-15-10-13(17)11-16-9-7-12-5-3-4-6-14(12)16/h3-6,13,15,17H,2,7-11H2,1H3. The summed E-state index contributed by atoms with van der Waals surface area (Å²) in [6, 6.07) is 8.48. The molecule has 0 aliphatic carbocycles. The molecule has 1 atom stereocenters. The van der Waals surface area contributed by atoms with Gasteiger partial charge in [0.05, 0.1) is 6.10 Å². The zero-order valence-corrected chi connectivity index (χ0v) is 10.5. The third kappa shape index (κ3) is 3.20.